The van der Waals surface area contributed by atoms with E-state index >= 15 is 0 Å². The molecule has 7 nitrogen and oxygen atoms in total. The summed E-state index contributed by atoms with van der Waals surface area (Å²) in [5.41, 5.74) is 3.92. The average molecular weight is 347 g/mol. The van der Waals surface area contributed by atoms with Gasteiger partial charge in [-0.05, 0) is 24.7 Å². The number of hydrazine groups is 1. The summed E-state index contributed by atoms with van der Waals surface area (Å²) in [6.45, 7) is 3.69. The molecule has 134 valence electrons. The molecule has 8 heteroatoms. The van der Waals surface area contributed by atoms with Gasteiger partial charge in [0.25, 0.3) is 0 Å². The van der Waals surface area contributed by atoms with Crippen LogP contribution in [0.4, 0.5) is 10.2 Å². The maximum Gasteiger partial charge on any atom is 0.318 e. The van der Waals surface area contributed by atoms with Crippen molar-refractivity contribution in [3.8, 4) is 11.8 Å². The summed E-state index contributed by atoms with van der Waals surface area (Å²) < 4.78 is 24.7. The van der Waals surface area contributed by atoms with Crippen LogP contribution < -0.4 is 14.9 Å². The van der Waals surface area contributed by atoms with E-state index < -0.39 is 5.82 Å². The molecule has 2 heterocycles. The molecule has 1 aromatic heterocycles. The lowest BCUT2D eigenvalue weighted by molar-refractivity contribution is 0.177. The number of rotatable bonds is 6. The minimum Gasteiger partial charge on any atom is -0.497 e. The van der Waals surface area contributed by atoms with Crippen LogP contribution in [0.15, 0.2) is 30.5 Å². The number of benzene rings is 1. The molecule has 0 radical (unpaired) electrons. The standard InChI is InChI=1S/C17H22FN5O2/c1-22-6-8-23(9-7-22)21-16-15(18)11-19-17(20-16)25-12-13-4-3-5-14(10-13)24-2/h3-5,10-11H,6-9,12H2,1-2H3,(H,19,20,21). The highest BCUT2D eigenvalue weighted by Gasteiger charge is 2.16. The molecule has 0 bridgehead atoms. The van der Waals surface area contributed by atoms with Crippen molar-refractivity contribution >= 4 is 5.82 Å². The number of methoxy groups -OCH3 is 1. The van der Waals surface area contributed by atoms with Gasteiger partial charge >= 0.3 is 6.01 Å². The predicted molar refractivity (Wildman–Crippen MR) is 92.0 cm³/mol. The van der Waals surface area contributed by atoms with Crippen LogP contribution in [-0.2, 0) is 6.61 Å². The lowest BCUT2D eigenvalue weighted by Gasteiger charge is -2.32. The summed E-state index contributed by atoms with van der Waals surface area (Å²) >= 11 is 0. The van der Waals surface area contributed by atoms with Gasteiger partial charge in [-0.1, -0.05) is 12.1 Å². The third-order valence-electron chi connectivity index (χ3n) is 3.99. The van der Waals surface area contributed by atoms with Crippen molar-refractivity contribution < 1.29 is 13.9 Å². The SMILES string of the molecule is COc1cccc(COc2ncc(F)c(NN3CCN(C)CC3)n2)c1. The molecule has 1 saturated heterocycles. The van der Waals surface area contributed by atoms with E-state index in [1.807, 2.05) is 29.3 Å². The van der Waals surface area contributed by atoms with Gasteiger partial charge in [-0.15, -0.1) is 0 Å². The molecule has 0 saturated carbocycles. The van der Waals surface area contributed by atoms with Gasteiger partial charge in [0.15, 0.2) is 11.6 Å². The topological polar surface area (TPSA) is 62.8 Å². The fourth-order valence-electron chi connectivity index (χ4n) is 2.48. The maximum absolute atomic E-state index is 14.0. The van der Waals surface area contributed by atoms with Crippen LogP contribution in [-0.4, -0.2) is 60.2 Å². The smallest absolute Gasteiger partial charge is 0.318 e. The van der Waals surface area contributed by atoms with E-state index in [1.54, 1.807) is 7.11 Å². The summed E-state index contributed by atoms with van der Waals surface area (Å²) in [4.78, 5) is 10.3. The number of anilines is 1. The molecule has 1 aliphatic rings. The number of nitrogens with zero attached hydrogens (tertiary/aromatic N) is 4. The van der Waals surface area contributed by atoms with E-state index in [2.05, 4.69) is 27.3 Å². The summed E-state index contributed by atoms with van der Waals surface area (Å²) in [7, 11) is 3.67. The van der Waals surface area contributed by atoms with Crippen LogP contribution in [0.5, 0.6) is 11.8 Å². The molecule has 25 heavy (non-hydrogen) atoms. The van der Waals surface area contributed by atoms with Crippen LogP contribution in [0.25, 0.3) is 0 Å². The van der Waals surface area contributed by atoms with E-state index in [9.17, 15) is 4.39 Å². The number of piperazine rings is 1. The van der Waals surface area contributed by atoms with Gasteiger partial charge in [0.05, 0.1) is 13.3 Å². The number of ether oxygens (including phenoxy) is 2. The molecule has 2 aromatic rings. The quantitative estimate of drug-likeness (QED) is 0.854. The van der Waals surface area contributed by atoms with Crippen LogP contribution in [0.1, 0.15) is 5.56 Å². The van der Waals surface area contributed by atoms with Crippen LogP contribution >= 0.6 is 0 Å². The highest BCUT2D eigenvalue weighted by atomic mass is 19.1. The Hall–Kier alpha value is -2.45. The van der Waals surface area contributed by atoms with Crippen molar-refractivity contribution in [3.05, 3.63) is 41.8 Å². The minimum absolute atomic E-state index is 0.125. The number of halogens is 1. The number of hydrogen-bond donors (Lipinski definition) is 1. The average Bonchev–Trinajstić information content (AvgIpc) is 2.64. The second-order valence-corrected chi connectivity index (χ2v) is 5.89. The Labute approximate surface area is 146 Å². The van der Waals surface area contributed by atoms with Gasteiger partial charge in [-0.2, -0.15) is 4.98 Å². The summed E-state index contributed by atoms with van der Waals surface area (Å²) in [5.74, 6) is 0.367. The molecule has 1 fully saturated rings. The van der Waals surface area contributed by atoms with E-state index in [-0.39, 0.29) is 18.4 Å². The Morgan fingerprint density at radius 3 is 2.80 bits per heavy atom. The maximum atomic E-state index is 14.0. The van der Waals surface area contributed by atoms with E-state index in [4.69, 9.17) is 9.47 Å². The molecule has 1 aliphatic heterocycles. The Balaban J connectivity index is 1.62. The second kappa shape index (κ2) is 8.09. The molecule has 1 aromatic carbocycles. The van der Waals surface area contributed by atoms with E-state index in [1.165, 1.54) is 0 Å². The fourth-order valence-corrected chi connectivity index (χ4v) is 2.48. The van der Waals surface area contributed by atoms with E-state index in [0.717, 1.165) is 43.7 Å². The van der Waals surface area contributed by atoms with Crippen LogP contribution in [0, 0.1) is 5.82 Å². The Kier molecular flexibility index (Phi) is 5.62. The molecule has 0 amide bonds. The van der Waals surface area contributed by atoms with Crippen LogP contribution in [0.3, 0.4) is 0 Å². The lowest BCUT2D eigenvalue weighted by Crippen LogP contribution is -2.47. The van der Waals surface area contributed by atoms with Crippen molar-refractivity contribution in [2.45, 2.75) is 6.61 Å². The van der Waals surface area contributed by atoms with Gasteiger partial charge in [0.2, 0.25) is 0 Å². The Morgan fingerprint density at radius 2 is 2.04 bits per heavy atom. The number of likely N-dealkylation sites (N-methyl/N-ethyl adjacent to an activating group) is 1. The molecule has 1 N–H and O–H groups in total. The minimum atomic E-state index is -0.507. The third-order valence-corrected chi connectivity index (χ3v) is 3.99. The number of hydrogen-bond acceptors (Lipinski definition) is 7. The van der Waals surface area contributed by atoms with Crippen molar-refractivity contribution in [3.63, 3.8) is 0 Å². The monoisotopic (exact) mass is 347 g/mol. The van der Waals surface area contributed by atoms with Gasteiger partial charge in [-0.25, -0.2) is 14.4 Å². The van der Waals surface area contributed by atoms with Crippen LogP contribution in [0.2, 0.25) is 0 Å². The Bertz CT molecular complexity index is 707. The molecule has 0 unspecified atom stereocenters. The van der Waals surface area contributed by atoms with Gasteiger partial charge in [0, 0.05) is 26.2 Å². The molecule has 0 aliphatic carbocycles. The first-order valence-corrected chi connectivity index (χ1v) is 8.12. The second-order valence-electron chi connectivity index (χ2n) is 5.89. The first-order chi connectivity index (χ1) is 12.1. The Morgan fingerprint density at radius 1 is 1.24 bits per heavy atom. The van der Waals surface area contributed by atoms with Crippen molar-refractivity contribution in [1.82, 2.24) is 19.9 Å². The molecular weight excluding hydrogens is 325 g/mol. The zero-order valence-corrected chi connectivity index (χ0v) is 14.4. The van der Waals surface area contributed by atoms with Gasteiger partial charge in [0.1, 0.15) is 12.4 Å². The number of nitrogens with one attached hydrogen (secondary N) is 1. The van der Waals surface area contributed by atoms with Gasteiger partial charge < -0.3 is 19.8 Å². The van der Waals surface area contributed by atoms with Gasteiger partial charge in [-0.3, -0.25) is 0 Å². The highest BCUT2D eigenvalue weighted by Crippen LogP contribution is 2.17. The predicted octanol–water partition coefficient (Wildman–Crippen LogP) is 1.78. The lowest BCUT2D eigenvalue weighted by atomic mass is 10.2. The van der Waals surface area contributed by atoms with Crippen molar-refractivity contribution in [2.24, 2.45) is 0 Å². The summed E-state index contributed by atoms with van der Waals surface area (Å²) in [5, 5.41) is 1.94. The first kappa shape index (κ1) is 17.4. The molecule has 0 spiro atoms. The normalized spacial score (nSPS) is 15.8. The molecule has 0 atom stereocenters. The van der Waals surface area contributed by atoms with Crippen molar-refractivity contribution in [2.75, 3.05) is 45.8 Å². The molecule has 3 rings (SSSR count). The largest absolute Gasteiger partial charge is 0.497 e. The third kappa shape index (κ3) is 4.77. The highest BCUT2D eigenvalue weighted by molar-refractivity contribution is 5.35. The summed E-state index contributed by atoms with van der Waals surface area (Å²) in [6.07, 6.45) is 1.12. The number of aromatic nitrogens is 2. The summed E-state index contributed by atoms with van der Waals surface area (Å²) in [6, 6.07) is 7.64. The molecular formula is C17H22FN5O2. The fraction of sp³-hybridized carbons (Fsp3) is 0.412. The van der Waals surface area contributed by atoms with Crippen molar-refractivity contribution in [1.29, 1.82) is 0 Å². The zero-order chi connectivity index (χ0) is 17.6. The zero-order valence-electron chi connectivity index (χ0n) is 14.4. The van der Waals surface area contributed by atoms with E-state index in [0.29, 0.717) is 0 Å². The first-order valence-electron chi connectivity index (χ1n) is 8.12.